The summed E-state index contributed by atoms with van der Waals surface area (Å²) in [7, 11) is 0. The fourth-order valence-corrected chi connectivity index (χ4v) is 2.70. The molecular weight excluding hydrogens is 244 g/mol. The summed E-state index contributed by atoms with van der Waals surface area (Å²) in [5, 5.41) is 0. The number of hydrogen-bond acceptors (Lipinski definition) is 4. The molecule has 0 aromatic carbocycles. The zero-order valence-electron chi connectivity index (χ0n) is 11.4. The van der Waals surface area contributed by atoms with Gasteiger partial charge in [-0.05, 0) is 30.9 Å². The second-order valence-electron chi connectivity index (χ2n) is 5.04. The van der Waals surface area contributed by atoms with Gasteiger partial charge in [0, 0.05) is 0 Å². The lowest BCUT2D eigenvalue weighted by molar-refractivity contribution is -0.0285. The number of nitrogen functional groups attached to an aromatic ring is 1. The summed E-state index contributed by atoms with van der Waals surface area (Å²) in [6.07, 6.45) is 6.38. The maximum Gasteiger partial charge on any atom is 0.300 e. The molecule has 1 aromatic rings. The number of hydrazine groups is 1. The number of amides is 1. The molecular formula is C14H22N2O3. The van der Waals surface area contributed by atoms with E-state index in [9.17, 15) is 4.79 Å². The number of ether oxygens (including phenoxy) is 1. The van der Waals surface area contributed by atoms with Gasteiger partial charge in [-0.2, -0.15) is 0 Å². The van der Waals surface area contributed by atoms with Crippen molar-refractivity contribution in [3.63, 3.8) is 0 Å². The van der Waals surface area contributed by atoms with Crippen molar-refractivity contribution >= 4 is 5.91 Å². The number of carbonyl (C=O) groups is 1. The van der Waals surface area contributed by atoms with Crippen LogP contribution in [0.5, 0.6) is 0 Å². The second-order valence-corrected chi connectivity index (χ2v) is 5.04. The predicted molar refractivity (Wildman–Crippen MR) is 71.2 cm³/mol. The summed E-state index contributed by atoms with van der Waals surface area (Å²) in [6, 6.07) is 3.37. The van der Waals surface area contributed by atoms with Crippen molar-refractivity contribution in [2.45, 2.75) is 51.7 Å². The number of hydrogen-bond donors (Lipinski definition) is 2. The van der Waals surface area contributed by atoms with Gasteiger partial charge in [0.25, 0.3) is 0 Å². The van der Waals surface area contributed by atoms with Crippen LogP contribution in [0.15, 0.2) is 16.5 Å². The largest absolute Gasteiger partial charge is 0.453 e. The maximum atomic E-state index is 11.3. The Balaban J connectivity index is 1.87. The van der Waals surface area contributed by atoms with E-state index in [2.05, 4.69) is 6.92 Å². The highest BCUT2D eigenvalue weighted by Crippen LogP contribution is 2.29. The fourth-order valence-electron chi connectivity index (χ4n) is 2.70. The molecule has 5 nitrogen and oxygen atoms in total. The van der Waals surface area contributed by atoms with E-state index in [0.29, 0.717) is 24.4 Å². The van der Waals surface area contributed by atoms with Gasteiger partial charge in [-0.3, -0.25) is 10.2 Å². The molecule has 2 rings (SSSR count). The van der Waals surface area contributed by atoms with E-state index in [4.69, 9.17) is 15.0 Å². The van der Waals surface area contributed by atoms with Crippen LogP contribution in [0.1, 0.15) is 55.3 Å². The first-order valence-electron chi connectivity index (χ1n) is 6.95. The van der Waals surface area contributed by atoms with E-state index in [0.717, 1.165) is 12.8 Å². The number of nitrogens with two attached hydrogens (primary N) is 1. The molecule has 0 bridgehead atoms. The highest BCUT2D eigenvalue weighted by atomic mass is 16.5. The lowest BCUT2D eigenvalue weighted by atomic mass is 9.85. The van der Waals surface area contributed by atoms with Gasteiger partial charge in [0.05, 0.1) is 6.10 Å². The van der Waals surface area contributed by atoms with Gasteiger partial charge in [0.2, 0.25) is 0 Å². The van der Waals surface area contributed by atoms with Crippen molar-refractivity contribution in [1.29, 1.82) is 0 Å². The molecule has 0 aliphatic heterocycles. The third-order valence-electron chi connectivity index (χ3n) is 3.82. The van der Waals surface area contributed by atoms with Crippen LogP contribution in [0.2, 0.25) is 0 Å². The molecule has 3 N–H and O–H groups in total. The van der Waals surface area contributed by atoms with E-state index in [-0.39, 0.29) is 5.76 Å². The second kappa shape index (κ2) is 6.73. The van der Waals surface area contributed by atoms with E-state index >= 15 is 0 Å². The Morgan fingerprint density at radius 3 is 3.00 bits per heavy atom. The van der Waals surface area contributed by atoms with E-state index < -0.39 is 5.91 Å². The molecule has 1 heterocycles. The van der Waals surface area contributed by atoms with Crippen molar-refractivity contribution in [3.05, 3.63) is 23.7 Å². The molecule has 106 valence electrons. The smallest absolute Gasteiger partial charge is 0.300 e. The minimum atomic E-state index is -0.421. The first-order valence-corrected chi connectivity index (χ1v) is 6.95. The van der Waals surface area contributed by atoms with Crippen LogP contribution in [-0.4, -0.2) is 12.0 Å². The Bertz CT molecular complexity index is 417. The van der Waals surface area contributed by atoms with Gasteiger partial charge in [0.1, 0.15) is 12.4 Å². The van der Waals surface area contributed by atoms with Crippen molar-refractivity contribution in [1.82, 2.24) is 5.43 Å². The molecule has 1 amide bonds. The van der Waals surface area contributed by atoms with Crippen molar-refractivity contribution in [2.24, 2.45) is 11.8 Å². The molecule has 1 fully saturated rings. The molecule has 1 saturated carbocycles. The molecule has 0 saturated heterocycles. The Hall–Kier alpha value is -1.33. The van der Waals surface area contributed by atoms with Gasteiger partial charge in [0.15, 0.2) is 5.76 Å². The van der Waals surface area contributed by atoms with Crippen molar-refractivity contribution in [2.75, 3.05) is 0 Å². The number of rotatable bonds is 5. The average molecular weight is 266 g/mol. The van der Waals surface area contributed by atoms with Gasteiger partial charge in [-0.1, -0.05) is 26.2 Å². The summed E-state index contributed by atoms with van der Waals surface area (Å²) in [5.41, 5.74) is 2.04. The Labute approximate surface area is 113 Å². The zero-order chi connectivity index (χ0) is 13.7. The van der Waals surface area contributed by atoms with Gasteiger partial charge < -0.3 is 9.15 Å². The van der Waals surface area contributed by atoms with Crippen LogP contribution in [0.4, 0.5) is 0 Å². The van der Waals surface area contributed by atoms with Crippen molar-refractivity contribution < 1.29 is 13.9 Å². The summed E-state index contributed by atoms with van der Waals surface area (Å²) in [6.45, 7) is 2.63. The standard InChI is InChI=1S/C14H22N2O3/c1-2-10-5-3-4-6-12(10)18-9-11-7-8-13(19-11)14(17)16-15/h7-8,10,12H,2-6,9,15H2,1H3,(H,16,17). The predicted octanol–water partition coefficient (Wildman–Crippen LogP) is 2.37. The molecule has 2 unspecified atom stereocenters. The van der Waals surface area contributed by atoms with Crippen LogP contribution in [-0.2, 0) is 11.3 Å². The van der Waals surface area contributed by atoms with E-state index in [1.807, 2.05) is 5.43 Å². The lowest BCUT2D eigenvalue weighted by Gasteiger charge is -2.30. The quantitative estimate of drug-likeness (QED) is 0.487. The van der Waals surface area contributed by atoms with E-state index in [1.165, 1.54) is 19.3 Å². The van der Waals surface area contributed by atoms with E-state index in [1.54, 1.807) is 12.1 Å². The Morgan fingerprint density at radius 2 is 2.26 bits per heavy atom. The lowest BCUT2D eigenvalue weighted by Crippen LogP contribution is -2.29. The number of furan rings is 1. The highest BCUT2D eigenvalue weighted by Gasteiger charge is 2.24. The average Bonchev–Trinajstić information content (AvgIpc) is 2.93. The van der Waals surface area contributed by atoms with Crippen LogP contribution in [0, 0.1) is 5.92 Å². The molecule has 1 aromatic heterocycles. The fraction of sp³-hybridized carbons (Fsp3) is 0.643. The maximum absolute atomic E-state index is 11.3. The molecule has 5 heteroatoms. The van der Waals surface area contributed by atoms with Gasteiger partial charge in [-0.15, -0.1) is 0 Å². The molecule has 0 spiro atoms. The summed E-state index contributed by atoms with van der Waals surface area (Å²) in [4.78, 5) is 11.3. The molecule has 1 aliphatic carbocycles. The van der Waals surface area contributed by atoms with Gasteiger partial charge >= 0.3 is 5.91 Å². The zero-order valence-corrected chi connectivity index (χ0v) is 11.4. The highest BCUT2D eigenvalue weighted by molar-refractivity contribution is 5.90. The van der Waals surface area contributed by atoms with Crippen molar-refractivity contribution in [3.8, 4) is 0 Å². The minimum absolute atomic E-state index is 0.219. The monoisotopic (exact) mass is 266 g/mol. The molecule has 2 atom stereocenters. The van der Waals surface area contributed by atoms with Crippen LogP contribution in [0.25, 0.3) is 0 Å². The van der Waals surface area contributed by atoms with Crippen LogP contribution >= 0.6 is 0 Å². The van der Waals surface area contributed by atoms with Crippen LogP contribution in [0.3, 0.4) is 0 Å². The summed E-state index contributed by atoms with van der Waals surface area (Å²) < 4.78 is 11.3. The normalized spacial score (nSPS) is 23.3. The first-order chi connectivity index (χ1) is 9.24. The molecule has 1 aliphatic rings. The SMILES string of the molecule is CCC1CCCCC1OCc1ccc(C(=O)NN)o1. The molecule has 19 heavy (non-hydrogen) atoms. The third-order valence-corrected chi connectivity index (χ3v) is 3.82. The number of nitrogens with one attached hydrogen (secondary N) is 1. The summed E-state index contributed by atoms with van der Waals surface area (Å²) >= 11 is 0. The minimum Gasteiger partial charge on any atom is -0.453 e. The summed E-state index contributed by atoms with van der Waals surface area (Å²) in [5.74, 6) is 6.16. The topological polar surface area (TPSA) is 77.5 Å². The first kappa shape index (κ1) is 14.1. The molecule has 0 radical (unpaired) electrons. The Morgan fingerprint density at radius 1 is 1.47 bits per heavy atom. The number of carbonyl (C=O) groups excluding carboxylic acids is 1. The van der Waals surface area contributed by atoms with Crippen LogP contribution < -0.4 is 11.3 Å². The van der Waals surface area contributed by atoms with Gasteiger partial charge in [-0.25, -0.2) is 5.84 Å². The third kappa shape index (κ3) is 3.58. The Kier molecular flexibility index (Phi) is 4.99.